The molecule has 0 radical (unpaired) electrons. The van der Waals surface area contributed by atoms with E-state index in [-0.39, 0.29) is 30.2 Å². The lowest BCUT2D eigenvalue weighted by Crippen LogP contribution is -2.52. The van der Waals surface area contributed by atoms with Crippen molar-refractivity contribution in [2.75, 3.05) is 0 Å². The Bertz CT molecular complexity index is 778. The number of fused-ring (bicyclic) bond motifs is 1. The minimum Gasteiger partial charge on any atom is -0.393 e. The Kier molecular flexibility index (Phi) is 4.97. The zero-order chi connectivity index (χ0) is 19.0. The standard InChI is InChI=1S/C20H25N3O4/c24-15-3-1-2-14(9-15)21-10-12-4-5-16-13(8-12)11-23(20(16)27)17-6-7-18(25)22-19(17)26/h4-5,8,14-15,17,21,24H,1-3,6-7,9-11H2,(H,22,25,26)/t14-,15+,17?/m0/s1. The third-order valence-electron chi connectivity index (χ3n) is 5.83. The molecule has 3 atom stereocenters. The van der Waals surface area contributed by atoms with Gasteiger partial charge in [0, 0.05) is 31.1 Å². The number of piperidine rings is 1. The third-order valence-corrected chi connectivity index (χ3v) is 5.83. The van der Waals surface area contributed by atoms with Crippen LogP contribution in [0.3, 0.4) is 0 Å². The summed E-state index contributed by atoms with van der Waals surface area (Å²) >= 11 is 0. The Hall–Kier alpha value is -2.25. The lowest BCUT2D eigenvalue weighted by atomic mass is 9.93. The number of nitrogens with one attached hydrogen (secondary N) is 2. The number of carbonyl (C=O) groups is 3. The fourth-order valence-corrected chi connectivity index (χ4v) is 4.35. The molecule has 3 amide bonds. The van der Waals surface area contributed by atoms with Crippen LogP contribution in [0.2, 0.25) is 0 Å². The molecule has 3 N–H and O–H groups in total. The van der Waals surface area contributed by atoms with Crippen LogP contribution >= 0.6 is 0 Å². The second-order valence-electron chi connectivity index (χ2n) is 7.79. The van der Waals surface area contributed by atoms with Crippen molar-refractivity contribution < 1.29 is 19.5 Å². The number of nitrogens with zero attached hydrogens (tertiary/aromatic N) is 1. The Labute approximate surface area is 158 Å². The van der Waals surface area contributed by atoms with Gasteiger partial charge in [0.25, 0.3) is 5.91 Å². The van der Waals surface area contributed by atoms with Gasteiger partial charge in [0.2, 0.25) is 11.8 Å². The minimum absolute atomic E-state index is 0.144. The molecule has 1 aromatic carbocycles. The monoisotopic (exact) mass is 371 g/mol. The van der Waals surface area contributed by atoms with Crippen molar-refractivity contribution in [2.45, 2.75) is 69.8 Å². The Morgan fingerprint density at radius 1 is 1.19 bits per heavy atom. The Morgan fingerprint density at radius 3 is 2.81 bits per heavy atom. The summed E-state index contributed by atoms with van der Waals surface area (Å²) in [5, 5.41) is 15.6. The molecule has 1 saturated carbocycles. The van der Waals surface area contributed by atoms with E-state index in [4.69, 9.17) is 0 Å². The molecule has 2 heterocycles. The molecule has 3 aliphatic rings. The summed E-state index contributed by atoms with van der Waals surface area (Å²) in [5.41, 5.74) is 2.65. The van der Waals surface area contributed by atoms with E-state index in [0.29, 0.717) is 31.1 Å². The van der Waals surface area contributed by atoms with E-state index in [9.17, 15) is 19.5 Å². The Morgan fingerprint density at radius 2 is 2.04 bits per heavy atom. The van der Waals surface area contributed by atoms with Gasteiger partial charge in [-0.25, -0.2) is 0 Å². The molecule has 27 heavy (non-hydrogen) atoms. The molecule has 0 spiro atoms. The average Bonchev–Trinajstić information content (AvgIpc) is 2.96. The average molecular weight is 371 g/mol. The van der Waals surface area contributed by atoms with Crippen molar-refractivity contribution in [3.63, 3.8) is 0 Å². The first-order valence-corrected chi connectivity index (χ1v) is 9.69. The molecule has 144 valence electrons. The van der Waals surface area contributed by atoms with Crippen molar-refractivity contribution in [2.24, 2.45) is 0 Å². The maximum Gasteiger partial charge on any atom is 0.255 e. The zero-order valence-electron chi connectivity index (χ0n) is 15.2. The second-order valence-corrected chi connectivity index (χ2v) is 7.79. The number of aliphatic hydroxyl groups is 1. The van der Waals surface area contributed by atoms with Crippen LogP contribution in [0, 0.1) is 0 Å². The maximum absolute atomic E-state index is 12.7. The molecule has 2 aliphatic heterocycles. The summed E-state index contributed by atoms with van der Waals surface area (Å²) in [6, 6.07) is 5.54. The molecule has 1 unspecified atom stereocenters. The van der Waals surface area contributed by atoms with Gasteiger partial charge >= 0.3 is 0 Å². The van der Waals surface area contributed by atoms with Crippen molar-refractivity contribution in [1.29, 1.82) is 0 Å². The predicted octanol–water partition coefficient (Wildman–Crippen LogP) is 0.841. The lowest BCUT2D eigenvalue weighted by Gasteiger charge is -2.29. The number of aliphatic hydroxyl groups excluding tert-OH is 1. The van der Waals surface area contributed by atoms with Gasteiger partial charge in [0.15, 0.2) is 0 Å². The maximum atomic E-state index is 12.7. The van der Waals surface area contributed by atoms with Crippen LogP contribution in [-0.2, 0) is 22.7 Å². The topological polar surface area (TPSA) is 98.7 Å². The smallest absolute Gasteiger partial charge is 0.255 e. The van der Waals surface area contributed by atoms with Gasteiger partial charge in [-0.3, -0.25) is 19.7 Å². The SMILES string of the molecule is O=C1CCC(N2Cc3cc(CN[C@H]4CCC[C@@H](O)C4)ccc3C2=O)C(=O)N1. The quantitative estimate of drug-likeness (QED) is 0.682. The van der Waals surface area contributed by atoms with Gasteiger partial charge < -0.3 is 15.3 Å². The summed E-state index contributed by atoms with van der Waals surface area (Å²) in [4.78, 5) is 37.7. The van der Waals surface area contributed by atoms with E-state index in [1.165, 1.54) is 0 Å². The molecule has 7 nitrogen and oxygen atoms in total. The number of hydrogen-bond donors (Lipinski definition) is 3. The van der Waals surface area contributed by atoms with Gasteiger partial charge in [-0.05, 0) is 49.3 Å². The van der Waals surface area contributed by atoms with E-state index in [0.717, 1.165) is 36.8 Å². The van der Waals surface area contributed by atoms with Gasteiger partial charge in [-0.15, -0.1) is 0 Å². The highest BCUT2D eigenvalue weighted by Gasteiger charge is 2.39. The molecule has 1 saturated heterocycles. The number of imide groups is 1. The van der Waals surface area contributed by atoms with Gasteiger partial charge in [0.05, 0.1) is 6.10 Å². The van der Waals surface area contributed by atoms with E-state index in [1.54, 1.807) is 4.90 Å². The molecule has 7 heteroatoms. The molecule has 1 aliphatic carbocycles. The van der Waals surface area contributed by atoms with Crippen LogP contribution < -0.4 is 10.6 Å². The minimum atomic E-state index is -0.576. The summed E-state index contributed by atoms with van der Waals surface area (Å²) in [6.07, 6.45) is 4.21. The summed E-state index contributed by atoms with van der Waals surface area (Å²) in [5.74, 6) is -0.804. The van der Waals surface area contributed by atoms with E-state index in [2.05, 4.69) is 10.6 Å². The molecule has 2 fully saturated rings. The number of benzene rings is 1. The molecular formula is C20H25N3O4. The van der Waals surface area contributed by atoms with Crippen molar-refractivity contribution >= 4 is 17.7 Å². The van der Waals surface area contributed by atoms with Crippen LogP contribution in [0.1, 0.15) is 60.0 Å². The van der Waals surface area contributed by atoms with E-state index < -0.39 is 6.04 Å². The molecule has 0 bridgehead atoms. The van der Waals surface area contributed by atoms with Crippen molar-refractivity contribution in [3.8, 4) is 0 Å². The first kappa shape index (κ1) is 18.1. The summed E-state index contributed by atoms with van der Waals surface area (Å²) < 4.78 is 0. The first-order chi connectivity index (χ1) is 13.0. The van der Waals surface area contributed by atoms with E-state index >= 15 is 0 Å². The molecule has 4 rings (SSSR count). The summed E-state index contributed by atoms with van der Waals surface area (Å²) in [6.45, 7) is 1.09. The third kappa shape index (κ3) is 3.75. The fourth-order valence-electron chi connectivity index (χ4n) is 4.35. The fraction of sp³-hybridized carbons (Fsp3) is 0.550. The molecular weight excluding hydrogens is 346 g/mol. The van der Waals surface area contributed by atoms with Crippen LogP contribution in [0.15, 0.2) is 18.2 Å². The van der Waals surface area contributed by atoms with Gasteiger partial charge in [0.1, 0.15) is 6.04 Å². The number of hydrogen-bond acceptors (Lipinski definition) is 5. The lowest BCUT2D eigenvalue weighted by molar-refractivity contribution is -0.136. The van der Waals surface area contributed by atoms with E-state index in [1.807, 2.05) is 18.2 Å². The first-order valence-electron chi connectivity index (χ1n) is 9.69. The van der Waals surface area contributed by atoms with Crippen LogP contribution in [0.5, 0.6) is 0 Å². The highest BCUT2D eigenvalue weighted by Crippen LogP contribution is 2.28. The van der Waals surface area contributed by atoms with Crippen molar-refractivity contribution in [1.82, 2.24) is 15.5 Å². The van der Waals surface area contributed by atoms with Gasteiger partial charge in [-0.2, -0.15) is 0 Å². The largest absolute Gasteiger partial charge is 0.393 e. The number of rotatable bonds is 4. The van der Waals surface area contributed by atoms with Crippen molar-refractivity contribution in [3.05, 3.63) is 34.9 Å². The van der Waals surface area contributed by atoms with Gasteiger partial charge in [-0.1, -0.05) is 12.1 Å². The second kappa shape index (κ2) is 7.40. The van der Waals surface area contributed by atoms with Crippen LogP contribution in [0.25, 0.3) is 0 Å². The number of amides is 3. The highest BCUT2D eigenvalue weighted by molar-refractivity contribution is 6.05. The Balaban J connectivity index is 1.41. The molecule has 1 aromatic rings. The molecule has 0 aromatic heterocycles. The highest BCUT2D eigenvalue weighted by atomic mass is 16.3. The van der Waals surface area contributed by atoms with Crippen LogP contribution in [-0.4, -0.2) is 45.9 Å². The predicted molar refractivity (Wildman–Crippen MR) is 97.6 cm³/mol. The summed E-state index contributed by atoms with van der Waals surface area (Å²) in [7, 11) is 0. The van der Waals surface area contributed by atoms with Crippen LogP contribution in [0.4, 0.5) is 0 Å². The normalized spacial score (nSPS) is 28.3. The number of carbonyl (C=O) groups excluding carboxylic acids is 3. The zero-order valence-corrected chi connectivity index (χ0v) is 15.2.